The lowest BCUT2D eigenvalue weighted by Crippen LogP contribution is -2.21. The van der Waals surface area contributed by atoms with Crippen LogP contribution in [0.15, 0.2) is 71.0 Å². The molecule has 0 amide bonds. The molecule has 1 aliphatic rings. The summed E-state index contributed by atoms with van der Waals surface area (Å²) in [5.41, 5.74) is 4.56. The first-order valence-electron chi connectivity index (χ1n) is 11.6. The van der Waals surface area contributed by atoms with Crippen molar-refractivity contribution in [3.8, 4) is 28.2 Å². The summed E-state index contributed by atoms with van der Waals surface area (Å²) in [5.74, 6) is -0.0122. The molecule has 0 fully saturated rings. The highest BCUT2D eigenvalue weighted by Crippen LogP contribution is 2.38. The Kier molecular flexibility index (Phi) is 6.20. The van der Waals surface area contributed by atoms with Crippen molar-refractivity contribution in [2.24, 2.45) is 0 Å². The lowest BCUT2D eigenvalue weighted by Gasteiger charge is -2.18. The molecular weight excluding hydrogens is 461 g/mol. The third-order valence-electron chi connectivity index (χ3n) is 5.89. The Morgan fingerprint density at radius 1 is 1.08 bits per heavy atom. The number of benzene rings is 2. The molecule has 5 rings (SSSR count). The Bertz CT molecular complexity index is 1540. The van der Waals surface area contributed by atoms with Gasteiger partial charge >= 0.3 is 5.97 Å². The molecular formula is C27H24FN5O3. The molecule has 182 valence electrons. The monoisotopic (exact) mass is 485 g/mol. The highest BCUT2D eigenvalue weighted by Gasteiger charge is 2.25. The van der Waals surface area contributed by atoms with Crippen molar-refractivity contribution in [3.63, 3.8) is 0 Å². The van der Waals surface area contributed by atoms with Crippen LogP contribution in [0.2, 0.25) is 0 Å². The fourth-order valence-electron chi connectivity index (χ4n) is 4.19. The predicted octanol–water partition coefficient (Wildman–Crippen LogP) is 4.43. The van der Waals surface area contributed by atoms with Crippen molar-refractivity contribution in [1.82, 2.24) is 19.6 Å². The minimum absolute atomic E-state index is 0.137. The van der Waals surface area contributed by atoms with Crippen LogP contribution in [0.3, 0.4) is 0 Å². The van der Waals surface area contributed by atoms with Crippen LogP contribution >= 0.6 is 0 Å². The van der Waals surface area contributed by atoms with Crippen LogP contribution in [-0.4, -0.2) is 38.7 Å². The molecule has 0 unspecified atom stereocenters. The van der Waals surface area contributed by atoms with Crippen LogP contribution < -0.4 is 10.9 Å². The molecule has 8 nitrogen and oxygen atoms in total. The number of aryl methyl sites for hydroxylation is 1. The van der Waals surface area contributed by atoms with Crippen LogP contribution in [0, 0.1) is 12.7 Å². The molecule has 0 saturated carbocycles. The van der Waals surface area contributed by atoms with E-state index in [9.17, 15) is 14.0 Å². The Morgan fingerprint density at radius 2 is 1.86 bits per heavy atom. The maximum atomic E-state index is 13.7. The van der Waals surface area contributed by atoms with Gasteiger partial charge in [-0.2, -0.15) is 14.9 Å². The van der Waals surface area contributed by atoms with E-state index in [0.717, 1.165) is 11.1 Å². The first-order chi connectivity index (χ1) is 17.4. The molecule has 36 heavy (non-hydrogen) atoms. The van der Waals surface area contributed by atoms with Gasteiger partial charge in [0.25, 0.3) is 5.56 Å². The molecule has 1 aliphatic heterocycles. The van der Waals surface area contributed by atoms with E-state index in [1.54, 1.807) is 36.0 Å². The van der Waals surface area contributed by atoms with E-state index in [1.807, 2.05) is 31.2 Å². The summed E-state index contributed by atoms with van der Waals surface area (Å²) < 4.78 is 21.8. The number of hydrogen-bond donors (Lipinski definition) is 1. The first-order valence-corrected chi connectivity index (χ1v) is 11.6. The minimum Gasteiger partial charge on any atom is -0.466 e. The van der Waals surface area contributed by atoms with Gasteiger partial charge in [0.15, 0.2) is 0 Å². The zero-order chi connectivity index (χ0) is 25.2. The number of para-hydroxylation sites is 1. The van der Waals surface area contributed by atoms with Crippen LogP contribution in [0.5, 0.6) is 0 Å². The number of carbonyl (C=O) groups is 1. The number of hydrogen-bond acceptors (Lipinski definition) is 6. The summed E-state index contributed by atoms with van der Waals surface area (Å²) in [6.07, 6.45) is 1.93. The predicted molar refractivity (Wildman–Crippen MR) is 135 cm³/mol. The van der Waals surface area contributed by atoms with E-state index in [0.29, 0.717) is 47.2 Å². The van der Waals surface area contributed by atoms with Crippen molar-refractivity contribution in [2.45, 2.75) is 20.3 Å². The van der Waals surface area contributed by atoms with Gasteiger partial charge in [0, 0.05) is 24.4 Å². The van der Waals surface area contributed by atoms with Gasteiger partial charge in [0.05, 0.1) is 30.0 Å². The zero-order valence-corrected chi connectivity index (χ0v) is 19.9. The van der Waals surface area contributed by atoms with Gasteiger partial charge in [-0.15, -0.1) is 0 Å². The zero-order valence-electron chi connectivity index (χ0n) is 19.9. The van der Waals surface area contributed by atoms with Gasteiger partial charge < -0.3 is 10.1 Å². The second-order valence-electron chi connectivity index (χ2n) is 8.40. The van der Waals surface area contributed by atoms with E-state index in [1.165, 1.54) is 22.9 Å². The second-order valence-corrected chi connectivity index (χ2v) is 8.40. The van der Waals surface area contributed by atoms with Gasteiger partial charge in [-0.05, 0) is 61.4 Å². The van der Waals surface area contributed by atoms with Gasteiger partial charge in [0.1, 0.15) is 17.3 Å². The third-order valence-corrected chi connectivity index (χ3v) is 5.89. The van der Waals surface area contributed by atoms with E-state index >= 15 is 0 Å². The molecule has 2 aromatic carbocycles. The van der Waals surface area contributed by atoms with Crippen LogP contribution in [0.1, 0.15) is 18.9 Å². The highest BCUT2D eigenvalue weighted by atomic mass is 19.1. The van der Waals surface area contributed by atoms with Gasteiger partial charge in [-0.1, -0.05) is 18.2 Å². The number of halogens is 1. The van der Waals surface area contributed by atoms with Crippen molar-refractivity contribution in [2.75, 3.05) is 18.5 Å². The topological polar surface area (TPSA) is 91.0 Å². The lowest BCUT2D eigenvalue weighted by atomic mass is 10.0. The largest absolute Gasteiger partial charge is 0.466 e. The molecule has 9 heteroatoms. The summed E-state index contributed by atoms with van der Waals surface area (Å²) in [6, 6.07) is 16.7. The van der Waals surface area contributed by atoms with E-state index < -0.39 is 0 Å². The van der Waals surface area contributed by atoms with Crippen LogP contribution in [0.4, 0.5) is 10.2 Å². The minimum atomic E-state index is -0.356. The van der Waals surface area contributed by atoms with Gasteiger partial charge in [-0.3, -0.25) is 9.59 Å². The molecule has 0 spiro atoms. The molecule has 1 N–H and O–H groups in total. The Hall–Kier alpha value is -4.53. The number of aromatic nitrogens is 4. The summed E-state index contributed by atoms with van der Waals surface area (Å²) in [5, 5.41) is 12.8. The Morgan fingerprint density at radius 3 is 2.61 bits per heavy atom. The fraction of sp³-hybridized carbons (Fsp3) is 0.185. The molecule has 0 bridgehead atoms. The first kappa shape index (κ1) is 23.2. The molecule has 0 atom stereocenters. The summed E-state index contributed by atoms with van der Waals surface area (Å²) in [7, 11) is 0. The normalized spacial score (nSPS) is 12.5. The standard InChI is InChI=1S/C27H24FN5O3/c1-3-36-24(35)14-18-15-29-27-25(26(31-32(27)16-18)19-8-10-20(28)11-9-19)21-12-13-23(34)33(30-21)22-7-5-4-6-17(22)2/h4-13,16,29H,3,14-15H2,1-2H3. The van der Waals surface area contributed by atoms with Crippen LogP contribution in [-0.2, 0) is 9.53 Å². The molecule has 4 aromatic rings. The summed E-state index contributed by atoms with van der Waals surface area (Å²) in [4.78, 5) is 24.7. The Labute approximate surface area is 206 Å². The average molecular weight is 486 g/mol. The number of esters is 1. The van der Waals surface area contributed by atoms with E-state index in [2.05, 4.69) is 5.32 Å². The number of anilines is 1. The number of carbonyl (C=O) groups excluding carboxylic acids is 1. The molecule has 2 aromatic heterocycles. The number of fused-ring (bicyclic) bond motifs is 1. The van der Waals surface area contributed by atoms with Crippen molar-refractivity contribution in [3.05, 3.63) is 88.0 Å². The molecule has 0 aliphatic carbocycles. The SMILES string of the molecule is CCOC(=O)CC1=Cn2nc(-c3ccc(F)cc3)c(-c3ccc(=O)n(-c4ccccc4C)n3)c2NC1. The third kappa shape index (κ3) is 4.43. The second kappa shape index (κ2) is 9.61. The number of rotatable bonds is 6. The fourth-order valence-corrected chi connectivity index (χ4v) is 4.19. The van der Waals surface area contributed by atoms with E-state index in [4.69, 9.17) is 14.9 Å². The number of nitrogens with zero attached hydrogens (tertiary/aromatic N) is 4. The number of nitrogens with one attached hydrogen (secondary N) is 1. The molecule has 3 heterocycles. The maximum Gasteiger partial charge on any atom is 0.310 e. The smallest absolute Gasteiger partial charge is 0.310 e. The van der Waals surface area contributed by atoms with Crippen molar-refractivity contribution < 1.29 is 13.9 Å². The van der Waals surface area contributed by atoms with Crippen molar-refractivity contribution >= 4 is 18.0 Å². The highest BCUT2D eigenvalue weighted by molar-refractivity contribution is 5.89. The summed E-state index contributed by atoms with van der Waals surface area (Å²) >= 11 is 0. The Balaban J connectivity index is 1.67. The van der Waals surface area contributed by atoms with Gasteiger partial charge in [-0.25, -0.2) is 9.07 Å². The average Bonchev–Trinajstić information content (AvgIpc) is 3.24. The van der Waals surface area contributed by atoms with Gasteiger partial charge in [0.2, 0.25) is 0 Å². The van der Waals surface area contributed by atoms with Crippen molar-refractivity contribution in [1.29, 1.82) is 0 Å². The maximum absolute atomic E-state index is 13.7. The quantitative estimate of drug-likeness (QED) is 0.407. The molecule has 0 saturated heterocycles. The summed E-state index contributed by atoms with van der Waals surface area (Å²) in [6.45, 7) is 4.41. The number of ether oxygens (including phenoxy) is 1. The van der Waals surface area contributed by atoms with Crippen LogP contribution in [0.25, 0.3) is 34.4 Å². The van der Waals surface area contributed by atoms with E-state index in [-0.39, 0.29) is 23.8 Å². The lowest BCUT2D eigenvalue weighted by molar-refractivity contribution is -0.142. The molecule has 0 radical (unpaired) electrons.